The Hall–Kier alpha value is -0.410. The molecule has 0 radical (unpaired) electrons. The van der Waals surface area contributed by atoms with Crippen molar-refractivity contribution >= 4 is 11.5 Å². The molecule has 0 aliphatic carbocycles. The number of nitrogens with zero attached hydrogens (tertiary/aromatic N) is 1. The molecule has 0 amide bonds. The van der Waals surface area contributed by atoms with Crippen molar-refractivity contribution in [3.05, 3.63) is 16.6 Å². The zero-order chi connectivity index (χ0) is 8.27. The third kappa shape index (κ3) is 2.01. The Labute approximate surface area is 71.6 Å². The van der Waals surface area contributed by atoms with E-state index in [1.54, 1.807) is 0 Å². The molecule has 1 aromatic heterocycles. The molecule has 0 aromatic carbocycles. The van der Waals surface area contributed by atoms with Crippen LogP contribution in [0.4, 0.5) is 0 Å². The number of hydrogen-bond acceptors (Lipinski definition) is 3. The largest absolute Gasteiger partial charge is 0.324 e. The first-order chi connectivity index (χ1) is 5.25. The Morgan fingerprint density at radius 2 is 2.45 bits per heavy atom. The summed E-state index contributed by atoms with van der Waals surface area (Å²) in [5, 5.41) is 2.05. The van der Waals surface area contributed by atoms with Crippen molar-refractivity contribution in [3.8, 4) is 0 Å². The fraction of sp³-hybridized carbons (Fsp3) is 0.625. The summed E-state index contributed by atoms with van der Waals surface area (Å²) in [4.78, 5) is 0. The van der Waals surface area contributed by atoms with E-state index in [0.717, 1.165) is 18.5 Å². The van der Waals surface area contributed by atoms with Gasteiger partial charge in [-0.25, -0.2) is 0 Å². The Balaban J connectivity index is 2.67. The maximum atomic E-state index is 5.92. The van der Waals surface area contributed by atoms with E-state index < -0.39 is 0 Å². The van der Waals surface area contributed by atoms with E-state index in [2.05, 4.69) is 16.7 Å². The molecular weight excluding hydrogens is 156 g/mol. The molecule has 0 saturated carbocycles. The standard InChI is InChI=1S/C8H14N2S/c1-3-4-8(9)7-5-11-10-6(7)2/h5,8H,3-4,9H2,1-2H3. The molecule has 0 spiro atoms. The van der Waals surface area contributed by atoms with Gasteiger partial charge in [0, 0.05) is 17.0 Å². The molecule has 1 heterocycles. The van der Waals surface area contributed by atoms with Gasteiger partial charge in [0.25, 0.3) is 0 Å². The Bertz CT molecular complexity index is 220. The van der Waals surface area contributed by atoms with Gasteiger partial charge in [-0.2, -0.15) is 4.37 Å². The molecule has 0 fully saturated rings. The van der Waals surface area contributed by atoms with Crippen molar-refractivity contribution < 1.29 is 0 Å². The number of rotatable bonds is 3. The molecule has 1 unspecified atom stereocenters. The van der Waals surface area contributed by atoms with Crippen molar-refractivity contribution in [2.45, 2.75) is 32.7 Å². The van der Waals surface area contributed by atoms with Crippen LogP contribution in [-0.4, -0.2) is 4.37 Å². The van der Waals surface area contributed by atoms with Crippen LogP contribution in [0.1, 0.15) is 37.1 Å². The van der Waals surface area contributed by atoms with E-state index in [0.29, 0.717) is 0 Å². The second-order valence-corrected chi connectivity index (χ2v) is 3.38. The first-order valence-electron chi connectivity index (χ1n) is 3.92. The fourth-order valence-electron chi connectivity index (χ4n) is 1.12. The Morgan fingerprint density at radius 1 is 1.73 bits per heavy atom. The highest BCUT2D eigenvalue weighted by Gasteiger charge is 2.08. The van der Waals surface area contributed by atoms with E-state index in [9.17, 15) is 0 Å². The lowest BCUT2D eigenvalue weighted by atomic mass is 10.1. The molecule has 0 saturated heterocycles. The summed E-state index contributed by atoms with van der Waals surface area (Å²) >= 11 is 1.49. The Kier molecular flexibility index (Phi) is 3.02. The molecular formula is C8H14N2S. The van der Waals surface area contributed by atoms with E-state index in [1.165, 1.54) is 17.1 Å². The van der Waals surface area contributed by atoms with Crippen LogP contribution in [0.3, 0.4) is 0 Å². The van der Waals surface area contributed by atoms with Gasteiger partial charge in [-0.3, -0.25) is 0 Å². The summed E-state index contributed by atoms with van der Waals surface area (Å²) in [6.07, 6.45) is 2.19. The first-order valence-corrected chi connectivity index (χ1v) is 4.75. The first kappa shape index (κ1) is 8.68. The van der Waals surface area contributed by atoms with Crippen molar-refractivity contribution in [1.29, 1.82) is 0 Å². The minimum absolute atomic E-state index is 0.193. The number of hydrogen-bond donors (Lipinski definition) is 1. The average Bonchev–Trinajstić information content (AvgIpc) is 2.36. The summed E-state index contributed by atoms with van der Waals surface area (Å²) in [6.45, 7) is 4.16. The van der Waals surface area contributed by atoms with Crippen molar-refractivity contribution in [2.75, 3.05) is 0 Å². The lowest BCUT2D eigenvalue weighted by Gasteiger charge is -2.07. The zero-order valence-corrected chi connectivity index (χ0v) is 7.82. The molecule has 62 valence electrons. The quantitative estimate of drug-likeness (QED) is 0.755. The van der Waals surface area contributed by atoms with Gasteiger partial charge in [-0.15, -0.1) is 0 Å². The van der Waals surface area contributed by atoms with Crippen LogP contribution in [0.15, 0.2) is 5.38 Å². The zero-order valence-electron chi connectivity index (χ0n) is 7.00. The predicted molar refractivity (Wildman–Crippen MR) is 48.7 cm³/mol. The summed E-state index contributed by atoms with van der Waals surface area (Å²) < 4.78 is 4.18. The molecule has 0 bridgehead atoms. The minimum atomic E-state index is 0.193. The highest BCUT2D eigenvalue weighted by Crippen LogP contribution is 2.20. The summed E-state index contributed by atoms with van der Waals surface area (Å²) in [5.41, 5.74) is 8.23. The molecule has 1 atom stereocenters. The summed E-state index contributed by atoms with van der Waals surface area (Å²) in [7, 11) is 0. The van der Waals surface area contributed by atoms with Crippen LogP contribution in [0.2, 0.25) is 0 Å². The van der Waals surface area contributed by atoms with Gasteiger partial charge in [0.2, 0.25) is 0 Å². The van der Waals surface area contributed by atoms with E-state index in [-0.39, 0.29) is 6.04 Å². The predicted octanol–water partition coefficient (Wildman–Crippen LogP) is 2.25. The number of nitrogens with two attached hydrogens (primary N) is 1. The van der Waals surface area contributed by atoms with E-state index in [4.69, 9.17) is 5.73 Å². The number of aryl methyl sites for hydroxylation is 1. The molecule has 2 N–H and O–H groups in total. The van der Waals surface area contributed by atoms with Crippen LogP contribution < -0.4 is 5.73 Å². The van der Waals surface area contributed by atoms with Gasteiger partial charge < -0.3 is 5.73 Å². The van der Waals surface area contributed by atoms with Crippen molar-refractivity contribution in [3.63, 3.8) is 0 Å². The number of aromatic nitrogens is 1. The average molecular weight is 170 g/mol. The maximum Gasteiger partial charge on any atom is 0.0558 e. The lowest BCUT2D eigenvalue weighted by Crippen LogP contribution is -2.09. The molecule has 1 aromatic rings. The maximum absolute atomic E-state index is 5.92. The molecule has 11 heavy (non-hydrogen) atoms. The van der Waals surface area contributed by atoms with Crippen LogP contribution in [0.25, 0.3) is 0 Å². The van der Waals surface area contributed by atoms with Gasteiger partial charge in [0.15, 0.2) is 0 Å². The van der Waals surface area contributed by atoms with Crippen molar-refractivity contribution in [2.24, 2.45) is 5.73 Å². The van der Waals surface area contributed by atoms with E-state index in [1.807, 2.05) is 6.92 Å². The third-order valence-corrected chi connectivity index (χ3v) is 2.52. The molecule has 1 rings (SSSR count). The second-order valence-electron chi connectivity index (χ2n) is 2.75. The summed E-state index contributed by atoms with van der Waals surface area (Å²) in [5.74, 6) is 0. The van der Waals surface area contributed by atoms with Gasteiger partial charge in [0.05, 0.1) is 5.69 Å². The highest BCUT2D eigenvalue weighted by atomic mass is 32.1. The molecule has 0 aliphatic heterocycles. The van der Waals surface area contributed by atoms with Crippen LogP contribution in [0, 0.1) is 6.92 Å². The van der Waals surface area contributed by atoms with Crippen LogP contribution in [-0.2, 0) is 0 Å². The van der Waals surface area contributed by atoms with Crippen LogP contribution in [0.5, 0.6) is 0 Å². The second kappa shape index (κ2) is 3.83. The lowest BCUT2D eigenvalue weighted by molar-refractivity contribution is 0.636. The van der Waals surface area contributed by atoms with Crippen LogP contribution >= 0.6 is 11.5 Å². The van der Waals surface area contributed by atoms with Gasteiger partial charge in [-0.05, 0) is 24.9 Å². The summed E-state index contributed by atoms with van der Waals surface area (Å²) in [6, 6.07) is 0.193. The molecule has 3 heteroatoms. The molecule has 0 aliphatic rings. The van der Waals surface area contributed by atoms with E-state index >= 15 is 0 Å². The monoisotopic (exact) mass is 170 g/mol. The SMILES string of the molecule is CCCC(N)c1csnc1C. The molecule has 2 nitrogen and oxygen atoms in total. The van der Waals surface area contributed by atoms with Crippen molar-refractivity contribution in [1.82, 2.24) is 4.37 Å². The Morgan fingerprint density at radius 3 is 2.91 bits per heavy atom. The highest BCUT2D eigenvalue weighted by molar-refractivity contribution is 7.03. The topological polar surface area (TPSA) is 38.9 Å². The smallest absolute Gasteiger partial charge is 0.0558 e. The van der Waals surface area contributed by atoms with Gasteiger partial charge in [-0.1, -0.05) is 13.3 Å². The van der Waals surface area contributed by atoms with Gasteiger partial charge >= 0.3 is 0 Å². The normalized spacial score (nSPS) is 13.4. The van der Waals surface area contributed by atoms with Gasteiger partial charge in [0.1, 0.15) is 0 Å². The third-order valence-electron chi connectivity index (χ3n) is 1.79. The minimum Gasteiger partial charge on any atom is -0.324 e. The fourth-order valence-corrected chi connectivity index (χ4v) is 1.90.